The summed E-state index contributed by atoms with van der Waals surface area (Å²) in [5, 5.41) is 27.0. The number of phenols is 1. The summed E-state index contributed by atoms with van der Waals surface area (Å²) in [4.78, 5) is 10.8. The molecular formula is C11H14ClF2NO4. The maximum atomic E-state index is 13.2. The van der Waals surface area contributed by atoms with Gasteiger partial charge in [0.15, 0.2) is 0 Å². The third-order valence-electron chi connectivity index (χ3n) is 2.58. The normalized spacial score (nSPS) is 12.7. The van der Waals surface area contributed by atoms with E-state index >= 15 is 0 Å². The molecule has 5 nitrogen and oxygen atoms in total. The fraction of sp³-hybridized carbons (Fsp3) is 0.364. The second-order valence-corrected chi connectivity index (χ2v) is 3.93. The number of aliphatic hydroxyl groups excluding tert-OH is 1. The first kappa shape index (κ1) is 17.6. The van der Waals surface area contributed by atoms with Crippen molar-refractivity contribution in [2.45, 2.75) is 18.9 Å². The molecule has 1 atom stereocenters. The fourth-order valence-electron chi connectivity index (χ4n) is 1.49. The number of aliphatic hydroxyl groups is 1. The number of hydrogen-bond acceptors (Lipinski definition) is 4. The number of halogens is 3. The van der Waals surface area contributed by atoms with Gasteiger partial charge < -0.3 is 21.1 Å². The minimum absolute atomic E-state index is 0. The highest BCUT2D eigenvalue weighted by atomic mass is 35.5. The molecular weight excluding hydrogens is 284 g/mol. The molecule has 0 saturated heterocycles. The van der Waals surface area contributed by atoms with Crippen molar-refractivity contribution in [2.75, 3.05) is 6.61 Å². The monoisotopic (exact) mass is 297 g/mol. The van der Waals surface area contributed by atoms with E-state index in [2.05, 4.69) is 0 Å². The van der Waals surface area contributed by atoms with E-state index in [9.17, 15) is 18.7 Å². The number of alkyl halides is 2. The predicted octanol–water partition coefficient (Wildman–Crippen LogP) is 1.45. The molecule has 1 aromatic rings. The lowest BCUT2D eigenvalue weighted by atomic mass is 9.96. The van der Waals surface area contributed by atoms with Gasteiger partial charge in [-0.15, -0.1) is 12.4 Å². The van der Waals surface area contributed by atoms with Gasteiger partial charge in [0.1, 0.15) is 18.4 Å². The molecule has 5 N–H and O–H groups in total. The summed E-state index contributed by atoms with van der Waals surface area (Å²) in [6.07, 6.45) is 0. The number of aromatic carboxylic acids is 1. The van der Waals surface area contributed by atoms with Crippen LogP contribution in [0, 0.1) is 6.92 Å². The molecule has 1 rings (SSSR count). The van der Waals surface area contributed by atoms with Gasteiger partial charge in [0.05, 0.1) is 5.56 Å². The highest BCUT2D eigenvalue weighted by Crippen LogP contribution is 2.36. The molecule has 0 bridgehead atoms. The van der Waals surface area contributed by atoms with Gasteiger partial charge in [-0.05, 0) is 24.6 Å². The third kappa shape index (κ3) is 3.52. The molecule has 8 heteroatoms. The van der Waals surface area contributed by atoms with E-state index in [0.29, 0.717) is 0 Å². The second-order valence-electron chi connectivity index (χ2n) is 3.93. The van der Waals surface area contributed by atoms with Crippen LogP contribution in [0.4, 0.5) is 8.78 Å². The number of aryl methyl sites for hydroxylation is 1. The number of phenolic OH excluding ortho intramolecular Hbond substituents is 1. The summed E-state index contributed by atoms with van der Waals surface area (Å²) in [5.41, 5.74) is 4.71. The Labute approximate surface area is 114 Å². The van der Waals surface area contributed by atoms with Crippen LogP contribution in [0.1, 0.15) is 27.5 Å². The summed E-state index contributed by atoms with van der Waals surface area (Å²) in [6, 6.07) is 0.0321. The van der Waals surface area contributed by atoms with Crippen LogP contribution in [-0.2, 0) is 0 Å². The molecule has 19 heavy (non-hydrogen) atoms. The zero-order valence-corrected chi connectivity index (χ0v) is 10.7. The Morgan fingerprint density at radius 2 is 2.00 bits per heavy atom. The average Bonchev–Trinajstić information content (AvgIpc) is 2.31. The first-order valence-corrected chi connectivity index (χ1v) is 5.01. The highest BCUT2D eigenvalue weighted by Gasteiger charge is 2.39. The van der Waals surface area contributed by atoms with Crippen LogP contribution in [0.5, 0.6) is 5.75 Å². The molecule has 0 radical (unpaired) electrons. The lowest BCUT2D eigenvalue weighted by molar-refractivity contribution is -0.0716. The van der Waals surface area contributed by atoms with Gasteiger partial charge in [0.25, 0.3) is 5.92 Å². The van der Waals surface area contributed by atoms with Crippen LogP contribution in [-0.4, -0.2) is 33.8 Å². The largest absolute Gasteiger partial charge is 0.507 e. The van der Waals surface area contributed by atoms with Crippen LogP contribution in [0.3, 0.4) is 0 Å². The Kier molecular flexibility index (Phi) is 5.67. The average molecular weight is 298 g/mol. The van der Waals surface area contributed by atoms with Crippen LogP contribution in [0.2, 0.25) is 0 Å². The van der Waals surface area contributed by atoms with Crippen molar-refractivity contribution in [3.63, 3.8) is 0 Å². The van der Waals surface area contributed by atoms with Crippen molar-refractivity contribution in [1.29, 1.82) is 0 Å². The Hall–Kier alpha value is -1.44. The van der Waals surface area contributed by atoms with E-state index in [1.807, 2.05) is 0 Å². The van der Waals surface area contributed by atoms with Crippen molar-refractivity contribution in [3.05, 3.63) is 28.8 Å². The summed E-state index contributed by atoms with van der Waals surface area (Å²) < 4.78 is 26.5. The lowest BCUT2D eigenvalue weighted by Gasteiger charge is -2.23. The van der Waals surface area contributed by atoms with Crippen molar-refractivity contribution < 1.29 is 28.9 Å². The smallest absolute Gasteiger partial charge is 0.335 e. The molecule has 0 unspecified atom stereocenters. The molecule has 0 fully saturated rings. The van der Waals surface area contributed by atoms with Gasteiger partial charge in [0, 0.05) is 5.56 Å². The minimum Gasteiger partial charge on any atom is -0.507 e. The Bertz CT molecular complexity index is 482. The molecule has 0 aliphatic carbocycles. The second kappa shape index (κ2) is 6.14. The molecule has 0 aromatic heterocycles. The number of carboxylic acids is 1. The number of hydrogen-bond donors (Lipinski definition) is 4. The molecule has 0 aliphatic rings. The van der Waals surface area contributed by atoms with Gasteiger partial charge in [-0.3, -0.25) is 0 Å². The maximum absolute atomic E-state index is 13.2. The Balaban J connectivity index is 0.00000324. The predicted molar refractivity (Wildman–Crippen MR) is 66.0 cm³/mol. The van der Waals surface area contributed by atoms with E-state index in [-0.39, 0.29) is 23.5 Å². The molecule has 0 amide bonds. The van der Waals surface area contributed by atoms with E-state index in [4.69, 9.17) is 15.9 Å². The summed E-state index contributed by atoms with van der Waals surface area (Å²) in [7, 11) is 0. The van der Waals surface area contributed by atoms with E-state index in [1.165, 1.54) is 6.92 Å². The van der Waals surface area contributed by atoms with E-state index < -0.39 is 35.9 Å². The standard InChI is InChI=1S/C11H13F2NO4.ClH/c1-5-2-6(10(17)18)3-7(8(5)16)9(14)11(12,13)4-15;/h2-3,9,15-16H,4,14H2,1H3,(H,17,18);1H/t9-;/m0./s1. The van der Waals surface area contributed by atoms with Gasteiger partial charge >= 0.3 is 5.97 Å². The van der Waals surface area contributed by atoms with Gasteiger partial charge in [-0.2, -0.15) is 0 Å². The molecule has 0 spiro atoms. The number of carboxylic acid groups (broad SMARTS) is 1. The number of nitrogens with two attached hydrogens (primary N) is 1. The first-order chi connectivity index (χ1) is 8.20. The third-order valence-corrected chi connectivity index (χ3v) is 2.58. The van der Waals surface area contributed by atoms with Gasteiger partial charge in [-0.1, -0.05) is 0 Å². The Morgan fingerprint density at radius 3 is 2.42 bits per heavy atom. The minimum atomic E-state index is -3.65. The van der Waals surface area contributed by atoms with Crippen molar-refractivity contribution in [2.24, 2.45) is 5.73 Å². The van der Waals surface area contributed by atoms with E-state index in [1.54, 1.807) is 0 Å². The Morgan fingerprint density at radius 1 is 1.47 bits per heavy atom. The topological polar surface area (TPSA) is 104 Å². The summed E-state index contributed by atoms with van der Waals surface area (Å²) in [6.45, 7) is -0.126. The molecule has 1 aromatic carbocycles. The maximum Gasteiger partial charge on any atom is 0.335 e. The molecule has 0 heterocycles. The number of benzene rings is 1. The molecule has 108 valence electrons. The zero-order valence-electron chi connectivity index (χ0n) is 9.93. The lowest BCUT2D eigenvalue weighted by Crippen LogP contribution is -2.36. The van der Waals surface area contributed by atoms with Crippen LogP contribution in [0.15, 0.2) is 12.1 Å². The van der Waals surface area contributed by atoms with Gasteiger partial charge in [-0.25, -0.2) is 13.6 Å². The summed E-state index contributed by atoms with van der Waals surface area (Å²) >= 11 is 0. The van der Waals surface area contributed by atoms with Crippen LogP contribution >= 0.6 is 12.4 Å². The van der Waals surface area contributed by atoms with Crippen LogP contribution < -0.4 is 5.73 Å². The first-order valence-electron chi connectivity index (χ1n) is 5.01. The van der Waals surface area contributed by atoms with Crippen molar-refractivity contribution in [1.82, 2.24) is 0 Å². The van der Waals surface area contributed by atoms with E-state index in [0.717, 1.165) is 12.1 Å². The number of rotatable bonds is 4. The molecule has 0 aliphatic heterocycles. The quantitative estimate of drug-likeness (QED) is 0.673. The highest BCUT2D eigenvalue weighted by molar-refractivity contribution is 5.88. The van der Waals surface area contributed by atoms with Crippen molar-refractivity contribution >= 4 is 18.4 Å². The van der Waals surface area contributed by atoms with Crippen LogP contribution in [0.25, 0.3) is 0 Å². The summed E-state index contributed by atoms with van der Waals surface area (Å²) in [5.74, 6) is -5.47. The van der Waals surface area contributed by atoms with Crippen molar-refractivity contribution in [3.8, 4) is 5.75 Å². The molecule has 0 saturated carbocycles. The number of carbonyl (C=O) groups is 1. The SMILES string of the molecule is Cc1cc(C(=O)O)cc([C@H](N)C(F)(F)CO)c1O.Cl. The van der Waals surface area contributed by atoms with Gasteiger partial charge in [0.2, 0.25) is 0 Å². The number of aromatic hydroxyl groups is 1. The fourth-order valence-corrected chi connectivity index (χ4v) is 1.49. The zero-order chi connectivity index (χ0) is 14.1.